The Hall–Kier alpha value is -4.01. The molecular weight excluding hydrogens is 448 g/mol. The molecule has 3 aromatic rings. The van der Waals surface area contributed by atoms with Crippen LogP contribution in [0, 0.1) is 5.41 Å². The van der Waals surface area contributed by atoms with E-state index in [1.807, 2.05) is 18.2 Å². The SMILES string of the molecule is COc1cc(C2C3=C(CC(C)(C)CC3=O)Nc3nc(-c4cccc(O)c4)nn32)cc(OC)c1OC. The topological polar surface area (TPSA) is 108 Å². The van der Waals surface area contributed by atoms with E-state index in [0.29, 0.717) is 53.0 Å². The molecule has 35 heavy (non-hydrogen) atoms. The lowest BCUT2D eigenvalue weighted by Crippen LogP contribution is -2.36. The molecule has 1 atom stereocenters. The minimum absolute atomic E-state index is 0.0579. The second kappa shape index (κ2) is 8.33. The third-order valence-electron chi connectivity index (χ3n) is 6.44. The maximum absolute atomic E-state index is 13.5. The average Bonchev–Trinajstić information content (AvgIpc) is 3.24. The van der Waals surface area contributed by atoms with Gasteiger partial charge in [-0.25, -0.2) is 4.68 Å². The summed E-state index contributed by atoms with van der Waals surface area (Å²) >= 11 is 0. The zero-order valence-corrected chi connectivity index (χ0v) is 20.4. The Morgan fingerprint density at radius 2 is 1.77 bits per heavy atom. The van der Waals surface area contributed by atoms with Gasteiger partial charge < -0.3 is 24.6 Å². The van der Waals surface area contributed by atoms with Crippen LogP contribution in [0.3, 0.4) is 0 Å². The van der Waals surface area contributed by atoms with Crippen LogP contribution in [0.2, 0.25) is 0 Å². The van der Waals surface area contributed by atoms with Gasteiger partial charge in [-0.2, -0.15) is 4.98 Å². The molecule has 2 aliphatic rings. The number of allylic oxidation sites excluding steroid dienone is 2. The number of Topliss-reactive ketones (excluding diaryl/α,β-unsaturated/α-hetero) is 1. The number of anilines is 1. The van der Waals surface area contributed by atoms with E-state index >= 15 is 0 Å². The highest BCUT2D eigenvalue weighted by molar-refractivity contribution is 6.00. The predicted octanol–water partition coefficient (Wildman–Crippen LogP) is 4.33. The average molecular weight is 477 g/mol. The molecule has 2 aromatic carbocycles. The van der Waals surface area contributed by atoms with Crippen molar-refractivity contribution >= 4 is 11.7 Å². The second-order valence-electron chi connectivity index (χ2n) is 9.57. The van der Waals surface area contributed by atoms with E-state index in [2.05, 4.69) is 19.2 Å². The summed E-state index contributed by atoms with van der Waals surface area (Å²) in [6.45, 7) is 4.17. The van der Waals surface area contributed by atoms with Gasteiger partial charge in [-0.05, 0) is 41.7 Å². The highest BCUT2D eigenvalue weighted by atomic mass is 16.5. The first-order valence-electron chi connectivity index (χ1n) is 11.3. The first-order valence-corrected chi connectivity index (χ1v) is 11.3. The molecule has 0 radical (unpaired) electrons. The predicted molar refractivity (Wildman–Crippen MR) is 130 cm³/mol. The lowest BCUT2D eigenvalue weighted by molar-refractivity contribution is -0.118. The number of carbonyl (C=O) groups excluding carboxylic acids is 1. The molecule has 1 aliphatic carbocycles. The molecule has 0 spiro atoms. The number of ether oxygens (including phenoxy) is 3. The van der Waals surface area contributed by atoms with Crippen molar-refractivity contribution in [1.82, 2.24) is 14.8 Å². The fourth-order valence-corrected chi connectivity index (χ4v) is 4.94. The molecule has 1 unspecified atom stereocenters. The molecule has 0 saturated carbocycles. The molecule has 1 aliphatic heterocycles. The number of aromatic hydroxyl groups is 1. The summed E-state index contributed by atoms with van der Waals surface area (Å²) in [5.74, 6) is 2.58. The number of carbonyl (C=O) groups is 1. The summed E-state index contributed by atoms with van der Waals surface area (Å²) in [5, 5.41) is 18.1. The van der Waals surface area contributed by atoms with Crippen molar-refractivity contribution in [2.45, 2.75) is 32.7 Å². The number of hydrogen-bond donors (Lipinski definition) is 2. The zero-order valence-electron chi connectivity index (χ0n) is 20.4. The summed E-state index contributed by atoms with van der Waals surface area (Å²) in [6, 6.07) is 9.91. The van der Waals surface area contributed by atoms with Gasteiger partial charge in [0.05, 0.1) is 21.3 Å². The number of nitrogens with zero attached hydrogens (tertiary/aromatic N) is 3. The zero-order chi connectivity index (χ0) is 24.9. The Kier molecular flexibility index (Phi) is 5.42. The molecule has 0 saturated heterocycles. The minimum atomic E-state index is -0.544. The molecule has 2 heterocycles. The smallest absolute Gasteiger partial charge is 0.226 e. The summed E-state index contributed by atoms with van der Waals surface area (Å²) < 4.78 is 18.4. The maximum atomic E-state index is 13.5. The monoisotopic (exact) mass is 476 g/mol. The third kappa shape index (κ3) is 3.86. The first kappa shape index (κ1) is 22.8. The Labute approximate surface area is 203 Å². The van der Waals surface area contributed by atoms with Crippen LogP contribution in [0.15, 0.2) is 47.7 Å². The van der Waals surface area contributed by atoms with Crippen LogP contribution in [0.4, 0.5) is 5.95 Å². The Balaban J connectivity index is 1.73. The Bertz CT molecular complexity index is 1330. The standard InChI is InChI=1S/C26H28N4O5/c1-26(2)12-17-21(18(32)13-26)22(15-10-19(33-3)23(35-5)20(11-15)34-4)30-25(27-17)28-24(29-30)14-7-6-8-16(31)9-14/h6-11,22,31H,12-13H2,1-5H3,(H,27,28,29). The highest BCUT2D eigenvalue weighted by Gasteiger charge is 2.42. The number of phenols is 1. The molecular formula is C26H28N4O5. The van der Waals surface area contributed by atoms with E-state index in [1.165, 1.54) is 0 Å². The molecule has 0 fully saturated rings. The normalized spacial score (nSPS) is 18.4. The van der Waals surface area contributed by atoms with E-state index < -0.39 is 6.04 Å². The van der Waals surface area contributed by atoms with E-state index in [1.54, 1.807) is 44.2 Å². The number of phenolic OH excluding ortho intramolecular Hbond substituents is 1. The number of fused-ring (bicyclic) bond motifs is 1. The van der Waals surface area contributed by atoms with Gasteiger partial charge in [0.1, 0.15) is 11.8 Å². The second-order valence-corrected chi connectivity index (χ2v) is 9.57. The van der Waals surface area contributed by atoms with Gasteiger partial charge in [0, 0.05) is 23.3 Å². The van der Waals surface area contributed by atoms with Crippen LogP contribution < -0.4 is 19.5 Å². The van der Waals surface area contributed by atoms with E-state index in [9.17, 15) is 9.90 Å². The molecule has 182 valence electrons. The van der Waals surface area contributed by atoms with E-state index in [-0.39, 0.29) is 16.9 Å². The molecule has 0 bridgehead atoms. The number of nitrogens with one attached hydrogen (secondary N) is 1. The molecule has 9 nitrogen and oxygen atoms in total. The summed E-state index contributed by atoms with van der Waals surface area (Å²) in [4.78, 5) is 18.2. The summed E-state index contributed by atoms with van der Waals surface area (Å²) in [7, 11) is 4.67. The van der Waals surface area contributed by atoms with Crippen LogP contribution in [-0.2, 0) is 4.79 Å². The number of ketones is 1. The van der Waals surface area contributed by atoms with Gasteiger partial charge in [0.2, 0.25) is 11.7 Å². The van der Waals surface area contributed by atoms with Crippen molar-refractivity contribution in [3.05, 3.63) is 53.2 Å². The molecule has 1 aromatic heterocycles. The number of hydrogen-bond acceptors (Lipinski definition) is 8. The molecule has 5 rings (SSSR count). The Morgan fingerprint density at radius 1 is 1.06 bits per heavy atom. The number of methoxy groups -OCH3 is 3. The van der Waals surface area contributed by atoms with Gasteiger partial charge in [-0.3, -0.25) is 4.79 Å². The van der Waals surface area contributed by atoms with Gasteiger partial charge in [-0.15, -0.1) is 5.10 Å². The molecule has 9 heteroatoms. The Morgan fingerprint density at radius 3 is 2.40 bits per heavy atom. The first-order chi connectivity index (χ1) is 16.7. The lowest BCUT2D eigenvalue weighted by Gasteiger charge is -2.38. The van der Waals surface area contributed by atoms with Crippen LogP contribution in [0.5, 0.6) is 23.0 Å². The molecule has 2 N–H and O–H groups in total. The van der Waals surface area contributed by atoms with Crippen LogP contribution in [0.1, 0.15) is 38.3 Å². The van der Waals surface area contributed by atoms with Crippen molar-refractivity contribution in [2.75, 3.05) is 26.6 Å². The number of aromatic nitrogens is 3. The highest BCUT2D eigenvalue weighted by Crippen LogP contribution is 2.48. The fraction of sp³-hybridized carbons (Fsp3) is 0.346. The van der Waals surface area contributed by atoms with Gasteiger partial charge >= 0.3 is 0 Å². The number of benzene rings is 2. The summed E-state index contributed by atoms with van der Waals surface area (Å²) in [6.07, 6.45) is 1.13. The quantitative estimate of drug-likeness (QED) is 0.560. The lowest BCUT2D eigenvalue weighted by atomic mass is 9.73. The number of rotatable bonds is 5. The molecule has 0 amide bonds. The third-order valence-corrected chi connectivity index (χ3v) is 6.44. The van der Waals surface area contributed by atoms with E-state index in [0.717, 1.165) is 11.3 Å². The van der Waals surface area contributed by atoms with Gasteiger partial charge in [-0.1, -0.05) is 26.0 Å². The van der Waals surface area contributed by atoms with Crippen molar-refractivity contribution in [1.29, 1.82) is 0 Å². The van der Waals surface area contributed by atoms with Crippen LogP contribution in [0.25, 0.3) is 11.4 Å². The van der Waals surface area contributed by atoms with Crippen LogP contribution in [-0.4, -0.2) is 47.0 Å². The van der Waals surface area contributed by atoms with Gasteiger partial charge in [0.25, 0.3) is 0 Å². The van der Waals surface area contributed by atoms with Crippen molar-refractivity contribution in [2.24, 2.45) is 5.41 Å². The van der Waals surface area contributed by atoms with E-state index in [4.69, 9.17) is 24.3 Å². The minimum Gasteiger partial charge on any atom is -0.508 e. The van der Waals surface area contributed by atoms with Crippen molar-refractivity contribution in [3.8, 4) is 34.4 Å². The largest absolute Gasteiger partial charge is 0.508 e. The summed E-state index contributed by atoms with van der Waals surface area (Å²) in [5.41, 5.74) is 2.74. The van der Waals surface area contributed by atoms with Crippen molar-refractivity contribution in [3.63, 3.8) is 0 Å². The maximum Gasteiger partial charge on any atom is 0.226 e. The fourth-order valence-electron chi connectivity index (χ4n) is 4.94. The van der Waals surface area contributed by atoms with Crippen molar-refractivity contribution < 1.29 is 24.1 Å². The van der Waals surface area contributed by atoms with Crippen LogP contribution >= 0.6 is 0 Å². The van der Waals surface area contributed by atoms with Gasteiger partial charge in [0.15, 0.2) is 23.1 Å².